The topological polar surface area (TPSA) is 88.0 Å². The summed E-state index contributed by atoms with van der Waals surface area (Å²) >= 11 is 0. The molecule has 0 aliphatic carbocycles. The van der Waals surface area contributed by atoms with Gasteiger partial charge >= 0.3 is 5.97 Å². The summed E-state index contributed by atoms with van der Waals surface area (Å²) in [6.07, 6.45) is 4.50. The molecule has 0 radical (unpaired) electrons. The van der Waals surface area contributed by atoms with E-state index in [1.54, 1.807) is 6.20 Å². The Kier molecular flexibility index (Phi) is 3.84. The maximum atomic E-state index is 11.5. The van der Waals surface area contributed by atoms with Crippen molar-refractivity contribution in [3.63, 3.8) is 0 Å². The lowest BCUT2D eigenvalue weighted by molar-refractivity contribution is 0.0595. The lowest BCUT2D eigenvalue weighted by Gasteiger charge is -2.07. The Morgan fingerprint density at radius 2 is 2.26 bits per heavy atom. The smallest absolute Gasteiger partial charge is 0.360 e. The van der Waals surface area contributed by atoms with E-state index in [0.717, 1.165) is 13.0 Å². The third-order valence-electron chi connectivity index (χ3n) is 2.90. The van der Waals surface area contributed by atoms with Gasteiger partial charge in [0.2, 0.25) is 0 Å². The van der Waals surface area contributed by atoms with Gasteiger partial charge in [0.1, 0.15) is 11.6 Å². The van der Waals surface area contributed by atoms with Crippen LogP contribution in [0.1, 0.15) is 22.7 Å². The predicted octanol–water partition coefficient (Wildman–Crippen LogP) is 0.847. The largest absolute Gasteiger partial charge is 0.464 e. The van der Waals surface area contributed by atoms with E-state index in [2.05, 4.69) is 14.8 Å². The molecule has 2 heterocycles. The third kappa shape index (κ3) is 2.75. The first kappa shape index (κ1) is 13.1. The van der Waals surface area contributed by atoms with Crippen molar-refractivity contribution in [2.45, 2.75) is 26.4 Å². The summed E-state index contributed by atoms with van der Waals surface area (Å²) in [4.78, 5) is 15.6. The highest BCUT2D eigenvalue weighted by Gasteiger charge is 2.18. The van der Waals surface area contributed by atoms with Gasteiger partial charge in [-0.25, -0.2) is 9.78 Å². The second kappa shape index (κ2) is 5.55. The molecule has 0 bridgehead atoms. The van der Waals surface area contributed by atoms with Crippen molar-refractivity contribution in [3.8, 4) is 0 Å². The Morgan fingerprint density at radius 1 is 1.47 bits per heavy atom. The number of imidazole rings is 1. The normalized spacial score (nSPS) is 10.6. The van der Waals surface area contributed by atoms with Crippen molar-refractivity contribution in [2.75, 3.05) is 12.8 Å². The van der Waals surface area contributed by atoms with Crippen LogP contribution in [0, 0.1) is 6.92 Å². The number of hydrogen-bond acceptors (Lipinski definition) is 5. The van der Waals surface area contributed by atoms with Gasteiger partial charge in [0.05, 0.1) is 7.11 Å². The number of rotatable bonds is 5. The van der Waals surface area contributed by atoms with Crippen molar-refractivity contribution < 1.29 is 9.53 Å². The van der Waals surface area contributed by atoms with Crippen molar-refractivity contribution in [1.29, 1.82) is 0 Å². The summed E-state index contributed by atoms with van der Waals surface area (Å²) in [7, 11) is 1.31. The first-order valence-electron chi connectivity index (χ1n) is 6.02. The second-order valence-electron chi connectivity index (χ2n) is 4.16. The molecule has 0 aromatic carbocycles. The highest BCUT2D eigenvalue weighted by molar-refractivity contribution is 5.92. The number of nitrogens with zero attached hydrogens (tertiary/aromatic N) is 4. The monoisotopic (exact) mass is 263 g/mol. The van der Waals surface area contributed by atoms with Gasteiger partial charge in [-0.15, -0.1) is 0 Å². The van der Waals surface area contributed by atoms with Gasteiger partial charge in [0.15, 0.2) is 5.69 Å². The number of esters is 1. The molecule has 2 aromatic heterocycles. The summed E-state index contributed by atoms with van der Waals surface area (Å²) in [5.41, 5.74) is 6.10. The number of carbonyl (C=O) groups excluding carboxylic acids is 1. The molecular weight excluding hydrogens is 246 g/mol. The number of aryl methyl sites for hydroxylation is 2. The van der Waals surface area contributed by atoms with E-state index in [-0.39, 0.29) is 5.69 Å². The van der Waals surface area contributed by atoms with Crippen molar-refractivity contribution in [1.82, 2.24) is 19.3 Å². The highest BCUT2D eigenvalue weighted by atomic mass is 16.5. The maximum absolute atomic E-state index is 11.5. The summed E-state index contributed by atoms with van der Waals surface area (Å²) in [5.74, 6) is 0.551. The molecule has 0 aliphatic heterocycles. The third-order valence-corrected chi connectivity index (χ3v) is 2.90. The molecule has 0 amide bonds. The number of anilines is 1. The van der Waals surface area contributed by atoms with Crippen molar-refractivity contribution in [2.24, 2.45) is 0 Å². The maximum Gasteiger partial charge on any atom is 0.360 e. The van der Waals surface area contributed by atoms with Gasteiger partial charge in [0.25, 0.3) is 0 Å². The van der Waals surface area contributed by atoms with Crippen molar-refractivity contribution >= 4 is 11.8 Å². The number of nitrogens with two attached hydrogens (primary N) is 1. The minimum Gasteiger partial charge on any atom is -0.464 e. The zero-order valence-corrected chi connectivity index (χ0v) is 11.0. The van der Waals surface area contributed by atoms with E-state index in [9.17, 15) is 4.79 Å². The molecule has 0 atom stereocenters. The molecule has 0 saturated carbocycles. The zero-order chi connectivity index (χ0) is 13.8. The molecule has 102 valence electrons. The average Bonchev–Trinajstić information content (AvgIpc) is 3.00. The molecular formula is C12H17N5O2. The fraction of sp³-hybridized carbons (Fsp3) is 0.417. The van der Waals surface area contributed by atoms with Gasteiger partial charge in [-0.2, -0.15) is 5.10 Å². The summed E-state index contributed by atoms with van der Waals surface area (Å²) < 4.78 is 8.31. The molecule has 0 fully saturated rings. The van der Waals surface area contributed by atoms with E-state index in [4.69, 9.17) is 5.73 Å². The number of ether oxygens (including phenoxy) is 1. The van der Waals surface area contributed by atoms with E-state index < -0.39 is 5.97 Å². The lowest BCUT2D eigenvalue weighted by Crippen LogP contribution is -2.10. The molecule has 0 unspecified atom stereocenters. The zero-order valence-electron chi connectivity index (χ0n) is 11.0. The molecule has 2 aromatic rings. The molecule has 2 N–H and O–H groups in total. The number of hydrogen-bond donors (Lipinski definition) is 1. The number of methoxy groups -OCH3 is 1. The highest BCUT2D eigenvalue weighted by Crippen LogP contribution is 2.15. The minimum atomic E-state index is -0.508. The molecule has 19 heavy (non-hydrogen) atoms. The predicted molar refractivity (Wildman–Crippen MR) is 69.6 cm³/mol. The first-order chi connectivity index (χ1) is 9.13. The van der Waals surface area contributed by atoms with Crippen LogP contribution in [0.25, 0.3) is 0 Å². The van der Waals surface area contributed by atoms with Crippen molar-refractivity contribution in [3.05, 3.63) is 30.0 Å². The van der Waals surface area contributed by atoms with E-state index in [0.29, 0.717) is 18.2 Å². The quantitative estimate of drug-likeness (QED) is 0.808. The molecule has 0 saturated heterocycles. The van der Waals surface area contributed by atoms with Crippen LogP contribution < -0.4 is 5.73 Å². The van der Waals surface area contributed by atoms with Crippen LogP contribution in [0.3, 0.4) is 0 Å². The molecule has 0 spiro atoms. The molecule has 0 aliphatic rings. The SMILES string of the molecule is COC(=O)c1nc(C)n(CCCn2cccn2)c1N. The van der Waals surface area contributed by atoms with Gasteiger partial charge in [-0.05, 0) is 19.4 Å². The fourth-order valence-electron chi connectivity index (χ4n) is 1.93. The van der Waals surface area contributed by atoms with E-state index >= 15 is 0 Å². The van der Waals surface area contributed by atoms with E-state index in [1.807, 2.05) is 28.4 Å². The second-order valence-corrected chi connectivity index (χ2v) is 4.16. The summed E-state index contributed by atoms with van der Waals surface area (Å²) in [6.45, 7) is 3.29. The van der Waals surface area contributed by atoms with Crippen LogP contribution in [0.4, 0.5) is 5.82 Å². The number of aromatic nitrogens is 4. The number of carbonyl (C=O) groups is 1. The molecule has 7 nitrogen and oxygen atoms in total. The van der Waals surface area contributed by atoms with Gasteiger partial charge in [0, 0.05) is 25.5 Å². The molecule has 2 rings (SSSR count). The Bertz CT molecular complexity index is 559. The summed E-state index contributed by atoms with van der Waals surface area (Å²) in [5, 5.41) is 4.13. The molecule has 7 heteroatoms. The fourth-order valence-corrected chi connectivity index (χ4v) is 1.93. The van der Waals surface area contributed by atoms with Crippen LogP contribution in [-0.2, 0) is 17.8 Å². The van der Waals surface area contributed by atoms with Crippen LogP contribution in [0.5, 0.6) is 0 Å². The minimum absolute atomic E-state index is 0.180. The van der Waals surface area contributed by atoms with Crippen LogP contribution in [0.2, 0.25) is 0 Å². The Hall–Kier alpha value is -2.31. The Labute approximate surface area is 111 Å². The van der Waals surface area contributed by atoms with Crippen LogP contribution in [0.15, 0.2) is 18.5 Å². The first-order valence-corrected chi connectivity index (χ1v) is 6.02. The Morgan fingerprint density at radius 3 is 2.89 bits per heavy atom. The lowest BCUT2D eigenvalue weighted by atomic mass is 10.4. The van der Waals surface area contributed by atoms with Crippen LogP contribution >= 0.6 is 0 Å². The van der Waals surface area contributed by atoms with Gasteiger partial charge < -0.3 is 15.0 Å². The van der Waals surface area contributed by atoms with E-state index in [1.165, 1.54) is 7.11 Å². The van der Waals surface area contributed by atoms with Crippen LogP contribution in [-0.4, -0.2) is 32.4 Å². The van der Waals surface area contributed by atoms with Gasteiger partial charge in [-0.3, -0.25) is 4.68 Å². The Balaban J connectivity index is 2.04. The number of nitrogen functional groups attached to an aromatic ring is 1. The standard InChI is InChI=1S/C12H17N5O2/c1-9-15-10(12(18)19-2)11(13)17(9)8-4-7-16-6-3-5-14-16/h3,5-6H,4,7-8,13H2,1-2H3. The van der Waals surface area contributed by atoms with Gasteiger partial charge in [-0.1, -0.05) is 0 Å². The summed E-state index contributed by atoms with van der Waals surface area (Å²) in [6, 6.07) is 1.88. The average molecular weight is 263 g/mol.